The maximum absolute atomic E-state index is 10.2. The van der Waals surface area contributed by atoms with Gasteiger partial charge in [0.2, 0.25) is 0 Å². The van der Waals surface area contributed by atoms with Crippen LogP contribution in [0, 0.1) is 0 Å². The van der Waals surface area contributed by atoms with Crippen molar-refractivity contribution in [3.8, 4) is 5.75 Å². The summed E-state index contributed by atoms with van der Waals surface area (Å²) in [6.07, 6.45) is 2.56. The predicted molar refractivity (Wildman–Crippen MR) is 86.5 cm³/mol. The molecule has 4 heteroatoms. The van der Waals surface area contributed by atoms with Crippen molar-refractivity contribution in [2.45, 2.75) is 50.9 Å². The lowest BCUT2D eigenvalue weighted by Gasteiger charge is -2.36. The molecule has 0 spiro atoms. The second-order valence-corrected chi connectivity index (χ2v) is 10.7. The first kappa shape index (κ1) is 17.2. The molecule has 1 aromatic carbocycles. The zero-order chi connectivity index (χ0) is 15.2. The van der Waals surface area contributed by atoms with Crippen LogP contribution in [0.2, 0.25) is 18.6 Å². The van der Waals surface area contributed by atoms with Gasteiger partial charge in [0.15, 0.2) is 0 Å². The van der Waals surface area contributed by atoms with E-state index >= 15 is 0 Å². The molecule has 0 unspecified atom stereocenters. The molecule has 114 valence electrons. The van der Waals surface area contributed by atoms with Gasteiger partial charge in [-0.3, -0.25) is 0 Å². The molecule has 0 aromatic heterocycles. The van der Waals surface area contributed by atoms with Crippen molar-refractivity contribution in [3.05, 3.63) is 24.3 Å². The fourth-order valence-corrected chi connectivity index (χ4v) is 6.27. The van der Waals surface area contributed by atoms with Crippen LogP contribution in [0.5, 0.6) is 5.75 Å². The molecule has 1 rings (SSSR count). The third kappa shape index (κ3) is 4.07. The number of hydrogen-bond donors (Lipinski definition) is 2. The zero-order valence-corrected chi connectivity index (χ0v) is 14.1. The lowest BCUT2D eigenvalue weighted by molar-refractivity contribution is 0.0846. The highest BCUT2D eigenvalue weighted by molar-refractivity contribution is 6.91. The molecule has 2 N–H and O–H groups in total. The quantitative estimate of drug-likeness (QED) is 0.725. The summed E-state index contributed by atoms with van der Waals surface area (Å²) in [5.41, 5.74) is 0.181. The molecule has 0 heterocycles. The van der Waals surface area contributed by atoms with Gasteiger partial charge in [-0.25, -0.2) is 0 Å². The summed E-state index contributed by atoms with van der Waals surface area (Å²) >= 11 is 0. The monoisotopic (exact) mass is 296 g/mol. The highest BCUT2D eigenvalue weighted by Gasteiger charge is 2.37. The smallest absolute Gasteiger partial charge is 0.118 e. The number of hydrogen-bond acceptors (Lipinski definition) is 3. The fourth-order valence-electron chi connectivity index (χ4n) is 2.82. The Hall–Kier alpha value is -0.843. The van der Waals surface area contributed by atoms with Crippen LogP contribution < -0.4 is 9.92 Å². The van der Waals surface area contributed by atoms with Gasteiger partial charge in [0, 0.05) is 0 Å². The molecule has 0 aliphatic rings. The molecule has 0 saturated carbocycles. The normalized spacial score (nSPS) is 14.9. The minimum Gasteiger partial charge on any atom is -0.497 e. The molecular formula is C16H28O3Si. The Kier molecular flexibility index (Phi) is 6.72. The van der Waals surface area contributed by atoms with E-state index in [1.165, 1.54) is 5.19 Å². The third-order valence-electron chi connectivity index (χ3n) is 4.28. The standard InChI is InChI=1S/C16H28O3Si/c1-5-6-7-16(15(18)12-17)20(3,4)14-10-8-13(19-2)9-11-14/h8-11,15-18H,5-7,12H2,1-4H3/t15-,16-/m0/s1. The van der Waals surface area contributed by atoms with Crippen LogP contribution in [0.25, 0.3) is 0 Å². The van der Waals surface area contributed by atoms with Gasteiger partial charge in [-0.2, -0.15) is 0 Å². The molecule has 0 bridgehead atoms. The summed E-state index contributed by atoms with van der Waals surface area (Å²) in [7, 11) is -0.168. The van der Waals surface area contributed by atoms with Crippen LogP contribution in [0.15, 0.2) is 24.3 Å². The Bertz CT molecular complexity index is 389. The molecule has 0 radical (unpaired) electrons. The zero-order valence-electron chi connectivity index (χ0n) is 13.1. The van der Waals surface area contributed by atoms with E-state index < -0.39 is 14.2 Å². The molecule has 0 amide bonds. The number of unbranched alkanes of at least 4 members (excludes halogenated alkanes) is 1. The van der Waals surface area contributed by atoms with Crippen molar-refractivity contribution in [1.29, 1.82) is 0 Å². The second-order valence-electron chi connectivity index (χ2n) is 5.95. The van der Waals surface area contributed by atoms with Gasteiger partial charge < -0.3 is 14.9 Å². The van der Waals surface area contributed by atoms with Crippen LogP contribution in [0.1, 0.15) is 26.2 Å². The largest absolute Gasteiger partial charge is 0.497 e. The first-order valence-corrected chi connectivity index (χ1v) is 10.5. The summed E-state index contributed by atoms with van der Waals surface area (Å²) < 4.78 is 5.20. The Morgan fingerprint density at radius 3 is 2.25 bits per heavy atom. The second kappa shape index (κ2) is 7.81. The number of aliphatic hydroxyl groups excluding tert-OH is 2. The lowest BCUT2D eigenvalue weighted by Crippen LogP contribution is -2.50. The summed E-state index contributed by atoms with van der Waals surface area (Å²) in [5.74, 6) is 0.853. The van der Waals surface area contributed by atoms with E-state index in [0.717, 1.165) is 25.0 Å². The average molecular weight is 296 g/mol. The topological polar surface area (TPSA) is 49.7 Å². The van der Waals surface area contributed by atoms with E-state index in [1.54, 1.807) is 7.11 Å². The van der Waals surface area contributed by atoms with Gasteiger partial charge in [-0.15, -0.1) is 0 Å². The molecule has 1 aromatic rings. The van der Waals surface area contributed by atoms with E-state index in [4.69, 9.17) is 4.74 Å². The van der Waals surface area contributed by atoms with Gasteiger partial charge in [-0.05, 0) is 24.1 Å². The van der Waals surface area contributed by atoms with E-state index in [-0.39, 0.29) is 12.1 Å². The van der Waals surface area contributed by atoms with Crippen molar-refractivity contribution in [2.24, 2.45) is 0 Å². The van der Waals surface area contributed by atoms with Crippen LogP contribution in [0.4, 0.5) is 0 Å². The maximum atomic E-state index is 10.2. The third-order valence-corrected chi connectivity index (χ3v) is 8.63. The number of benzene rings is 1. The van der Waals surface area contributed by atoms with E-state index in [1.807, 2.05) is 12.1 Å². The number of rotatable bonds is 8. The van der Waals surface area contributed by atoms with Gasteiger partial charge >= 0.3 is 0 Å². The summed E-state index contributed by atoms with van der Waals surface area (Å²) in [4.78, 5) is 0. The van der Waals surface area contributed by atoms with E-state index in [0.29, 0.717) is 0 Å². The van der Waals surface area contributed by atoms with Crippen molar-refractivity contribution < 1.29 is 14.9 Å². The number of ether oxygens (including phenoxy) is 1. The lowest BCUT2D eigenvalue weighted by atomic mass is 10.1. The van der Waals surface area contributed by atoms with Crippen LogP contribution in [-0.4, -0.2) is 38.1 Å². The molecular weight excluding hydrogens is 268 g/mol. The van der Waals surface area contributed by atoms with Gasteiger partial charge in [0.1, 0.15) is 5.75 Å². The maximum Gasteiger partial charge on any atom is 0.118 e. The predicted octanol–water partition coefficient (Wildman–Crippen LogP) is 2.52. The van der Waals surface area contributed by atoms with E-state index in [2.05, 4.69) is 32.2 Å². The van der Waals surface area contributed by atoms with E-state index in [9.17, 15) is 10.2 Å². The van der Waals surface area contributed by atoms with Gasteiger partial charge in [0.25, 0.3) is 0 Å². The Balaban J connectivity index is 2.99. The fraction of sp³-hybridized carbons (Fsp3) is 0.625. The number of methoxy groups -OCH3 is 1. The minimum absolute atomic E-state index is 0.152. The number of aliphatic hydroxyl groups is 2. The first-order valence-electron chi connectivity index (χ1n) is 7.40. The van der Waals surface area contributed by atoms with Crippen molar-refractivity contribution in [1.82, 2.24) is 0 Å². The first-order chi connectivity index (χ1) is 9.47. The van der Waals surface area contributed by atoms with Crippen molar-refractivity contribution >= 4 is 13.3 Å². The molecule has 0 fully saturated rings. The average Bonchev–Trinajstić information content (AvgIpc) is 2.47. The minimum atomic E-state index is -1.83. The van der Waals surface area contributed by atoms with Crippen LogP contribution in [0.3, 0.4) is 0 Å². The SMILES string of the molecule is CCCC[C@@H]([C@@H](O)CO)[Si](C)(C)c1ccc(OC)cc1. The molecule has 0 aliphatic carbocycles. The van der Waals surface area contributed by atoms with Crippen LogP contribution in [-0.2, 0) is 0 Å². The molecule has 2 atom stereocenters. The Morgan fingerprint density at radius 1 is 1.20 bits per heavy atom. The highest BCUT2D eigenvalue weighted by atomic mass is 28.3. The molecule has 3 nitrogen and oxygen atoms in total. The summed E-state index contributed by atoms with van der Waals surface area (Å²) in [6, 6.07) is 8.17. The molecule has 20 heavy (non-hydrogen) atoms. The van der Waals surface area contributed by atoms with Crippen LogP contribution >= 0.6 is 0 Å². The van der Waals surface area contributed by atoms with Gasteiger partial charge in [0.05, 0.1) is 27.9 Å². The van der Waals surface area contributed by atoms with Crippen molar-refractivity contribution in [3.63, 3.8) is 0 Å². The summed E-state index contributed by atoms with van der Waals surface area (Å²) in [5, 5.41) is 20.8. The summed E-state index contributed by atoms with van der Waals surface area (Å²) in [6.45, 7) is 6.55. The van der Waals surface area contributed by atoms with Gasteiger partial charge in [-0.1, -0.05) is 50.2 Å². The Labute approximate surface area is 123 Å². The molecule has 0 aliphatic heterocycles. The highest BCUT2D eigenvalue weighted by Crippen LogP contribution is 2.31. The molecule has 0 saturated heterocycles. The Morgan fingerprint density at radius 2 is 1.80 bits per heavy atom. The van der Waals surface area contributed by atoms with Crippen molar-refractivity contribution in [2.75, 3.05) is 13.7 Å².